The molecule has 1 aromatic carbocycles. The van der Waals surface area contributed by atoms with E-state index in [2.05, 4.69) is 16.4 Å². The predicted molar refractivity (Wildman–Crippen MR) is 137 cm³/mol. The van der Waals surface area contributed by atoms with Crippen LogP contribution < -0.4 is 10.2 Å². The maximum absolute atomic E-state index is 13.9. The summed E-state index contributed by atoms with van der Waals surface area (Å²) in [4.78, 5) is 31.5. The number of benzene rings is 1. The van der Waals surface area contributed by atoms with Crippen LogP contribution in [0.3, 0.4) is 0 Å². The molecule has 3 heterocycles. The number of ether oxygens (including phenoxy) is 2. The lowest BCUT2D eigenvalue weighted by molar-refractivity contribution is 0.0361. The molecule has 2 aliphatic rings. The molecule has 0 saturated carbocycles. The first-order valence-electron chi connectivity index (χ1n) is 13.0. The zero-order chi connectivity index (χ0) is 24.8. The lowest BCUT2D eigenvalue weighted by Crippen LogP contribution is -2.46. The Morgan fingerprint density at radius 2 is 1.80 bits per heavy atom. The fourth-order valence-electron chi connectivity index (χ4n) is 5.21. The van der Waals surface area contributed by atoms with E-state index in [-0.39, 0.29) is 29.5 Å². The molecular formula is C28H39N3O4. The Hall–Kier alpha value is -2.64. The van der Waals surface area contributed by atoms with Crippen molar-refractivity contribution in [2.45, 2.75) is 65.6 Å². The van der Waals surface area contributed by atoms with E-state index in [1.165, 1.54) is 0 Å². The lowest BCUT2D eigenvalue weighted by atomic mass is 9.98. The zero-order valence-electron chi connectivity index (χ0n) is 21.4. The number of carbonyl (C=O) groups excluding carboxylic acids is 1. The number of nitrogens with zero attached hydrogens (tertiary/aromatic N) is 3. The monoisotopic (exact) mass is 481 g/mol. The summed E-state index contributed by atoms with van der Waals surface area (Å²) in [5.74, 6) is 0.580. The van der Waals surface area contributed by atoms with E-state index in [4.69, 9.17) is 9.47 Å². The molecule has 0 bridgehead atoms. The van der Waals surface area contributed by atoms with E-state index in [9.17, 15) is 9.59 Å². The van der Waals surface area contributed by atoms with Crippen LogP contribution in [0.4, 0.5) is 0 Å². The highest BCUT2D eigenvalue weighted by molar-refractivity contribution is 5.95. The van der Waals surface area contributed by atoms with Crippen LogP contribution in [0.15, 0.2) is 35.1 Å². The maximum Gasteiger partial charge on any atom is 0.260 e. The van der Waals surface area contributed by atoms with Crippen molar-refractivity contribution in [2.75, 3.05) is 39.4 Å². The Balaban J connectivity index is 1.68. The predicted octanol–water partition coefficient (Wildman–Crippen LogP) is 3.78. The van der Waals surface area contributed by atoms with Gasteiger partial charge in [0.2, 0.25) is 0 Å². The number of carbonyl (C=O) groups is 1. The molecule has 2 aliphatic heterocycles. The minimum Gasteiger partial charge on any atom is -0.487 e. The highest BCUT2D eigenvalue weighted by Crippen LogP contribution is 2.23. The second-order valence-electron chi connectivity index (χ2n) is 9.74. The smallest absolute Gasteiger partial charge is 0.260 e. The highest BCUT2D eigenvalue weighted by atomic mass is 16.5. The molecule has 0 N–H and O–H groups in total. The van der Waals surface area contributed by atoms with Gasteiger partial charge in [0.05, 0.1) is 18.9 Å². The van der Waals surface area contributed by atoms with E-state index in [0.717, 1.165) is 75.5 Å². The zero-order valence-corrected chi connectivity index (χ0v) is 21.4. The Labute approximate surface area is 208 Å². The number of hydrogen-bond donors (Lipinski definition) is 0. The fraction of sp³-hybridized carbons (Fsp3) is 0.571. The normalized spacial score (nSPS) is 19.1. The van der Waals surface area contributed by atoms with E-state index in [0.29, 0.717) is 18.8 Å². The summed E-state index contributed by atoms with van der Waals surface area (Å²) in [7, 11) is 0. The largest absolute Gasteiger partial charge is 0.487 e. The van der Waals surface area contributed by atoms with Gasteiger partial charge in [-0.3, -0.25) is 14.5 Å². The summed E-state index contributed by atoms with van der Waals surface area (Å²) in [6.07, 6.45) is 4.00. The number of morpholine rings is 1. The van der Waals surface area contributed by atoms with E-state index in [1.54, 1.807) is 6.07 Å². The van der Waals surface area contributed by atoms with Gasteiger partial charge in [-0.15, -0.1) is 0 Å². The molecule has 1 atom stereocenters. The summed E-state index contributed by atoms with van der Waals surface area (Å²) < 4.78 is 13.8. The second kappa shape index (κ2) is 11.9. The Bertz CT molecular complexity index is 1060. The van der Waals surface area contributed by atoms with Gasteiger partial charge in [0.25, 0.3) is 5.91 Å². The maximum atomic E-state index is 13.9. The van der Waals surface area contributed by atoms with Crippen LogP contribution >= 0.6 is 0 Å². The molecule has 7 heteroatoms. The molecule has 2 saturated heterocycles. The third-order valence-corrected chi connectivity index (χ3v) is 7.34. The Kier molecular flexibility index (Phi) is 8.63. The fourth-order valence-corrected chi connectivity index (χ4v) is 5.21. The van der Waals surface area contributed by atoms with Crippen LogP contribution in [0.2, 0.25) is 0 Å². The van der Waals surface area contributed by atoms with Gasteiger partial charge in [0.15, 0.2) is 5.43 Å². The second-order valence-corrected chi connectivity index (χ2v) is 9.74. The first kappa shape index (κ1) is 25.5. The van der Waals surface area contributed by atoms with Gasteiger partial charge in [0.1, 0.15) is 17.9 Å². The minimum atomic E-state index is -0.210. The average molecular weight is 482 g/mol. The molecule has 0 spiro atoms. The SMILES string of the molecule is CCC1CCCCN1C(=O)c1c(COc2ccc(C)cc2)n(CCN2CCOCC2)c(C)cc1=O. The Morgan fingerprint density at radius 1 is 1.06 bits per heavy atom. The summed E-state index contributed by atoms with van der Waals surface area (Å²) in [6, 6.07) is 9.67. The van der Waals surface area contributed by atoms with E-state index in [1.807, 2.05) is 43.0 Å². The number of amides is 1. The van der Waals surface area contributed by atoms with Crippen LogP contribution in [0.5, 0.6) is 5.75 Å². The first-order valence-corrected chi connectivity index (χ1v) is 13.0. The molecule has 7 nitrogen and oxygen atoms in total. The van der Waals surface area contributed by atoms with Crippen molar-refractivity contribution in [3.05, 3.63) is 63.1 Å². The third kappa shape index (κ3) is 6.14. The van der Waals surface area contributed by atoms with Crippen molar-refractivity contribution in [3.63, 3.8) is 0 Å². The van der Waals surface area contributed by atoms with Crippen LogP contribution in [-0.4, -0.2) is 65.7 Å². The molecule has 35 heavy (non-hydrogen) atoms. The molecule has 1 unspecified atom stereocenters. The summed E-state index contributed by atoms with van der Waals surface area (Å²) >= 11 is 0. The summed E-state index contributed by atoms with van der Waals surface area (Å²) in [6.45, 7) is 11.8. The van der Waals surface area contributed by atoms with Crippen LogP contribution in [0.1, 0.15) is 59.9 Å². The van der Waals surface area contributed by atoms with Crippen molar-refractivity contribution >= 4 is 5.91 Å². The Morgan fingerprint density at radius 3 is 2.51 bits per heavy atom. The number of pyridine rings is 1. The van der Waals surface area contributed by atoms with Crippen LogP contribution in [-0.2, 0) is 17.9 Å². The van der Waals surface area contributed by atoms with Gasteiger partial charge in [0, 0.05) is 50.5 Å². The molecular weight excluding hydrogens is 442 g/mol. The van der Waals surface area contributed by atoms with Crippen molar-refractivity contribution < 1.29 is 14.3 Å². The third-order valence-electron chi connectivity index (χ3n) is 7.34. The van der Waals surface area contributed by atoms with Gasteiger partial charge >= 0.3 is 0 Å². The van der Waals surface area contributed by atoms with Crippen LogP contribution in [0.25, 0.3) is 0 Å². The first-order chi connectivity index (χ1) is 17.0. The topological polar surface area (TPSA) is 64.0 Å². The number of likely N-dealkylation sites (tertiary alicyclic amines) is 1. The van der Waals surface area contributed by atoms with E-state index >= 15 is 0 Å². The minimum absolute atomic E-state index is 0.149. The molecule has 0 radical (unpaired) electrons. The van der Waals surface area contributed by atoms with Gasteiger partial charge in [-0.25, -0.2) is 0 Å². The summed E-state index contributed by atoms with van der Waals surface area (Å²) in [5, 5.41) is 0. The van der Waals surface area contributed by atoms with Crippen molar-refractivity contribution in [2.24, 2.45) is 0 Å². The number of piperidine rings is 1. The number of rotatable bonds is 8. The van der Waals surface area contributed by atoms with Gasteiger partial charge in [-0.2, -0.15) is 0 Å². The molecule has 1 amide bonds. The van der Waals surface area contributed by atoms with Crippen molar-refractivity contribution in [3.8, 4) is 5.75 Å². The number of aromatic nitrogens is 1. The molecule has 2 aromatic rings. The quantitative estimate of drug-likeness (QED) is 0.574. The number of hydrogen-bond acceptors (Lipinski definition) is 5. The molecule has 190 valence electrons. The molecule has 4 rings (SSSR count). The highest BCUT2D eigenvalue weighted by Gasteiger charge is 2.31. The van der Waals surface area contributed by atoms with Gasteiger partial charge in [-0.05, 0) is 51.7 Å². The molecule has 1 aromatic heterocycles. The van der Waals surface area contributed by atoms with Crippen molar-refractivity contribution in [1.29, 1.82) is 0 Å². The van der Waals surface area contributed by atoms with Gasteiger partial charge in [-0.1, -0.05) is 24.6 Å². The summed E-state index contributed by atoms with van der Waals surface area (Å²) in [5.41, 5.74) is 2.74. The molecule has 0 aliphatic carbocycles. The number of aryl methyl sites for hydroxylation is 2. The van der Waals surface area contributed by atoms with Crippen LogP contribution in [0, 0.1) is 13.8 Å². The van der Waals surface area contributed by atoms with Gasteiger partial charge < -0.3 is 18.9 Å². The van der Waals surface area contributed by atoms with Crippen molar-refractivity contribution in [1.82, 2.24) is 14.4 Å². The lowest BCUT2D eigenvalue weighted by Gasteiger charge is -2.36. The average Bonchev–Trinajstić information content (AvgIpc) is 2.88. The molecule has 2 fully saturated rings. The standard InChI is InChI=1S/C28H39N3O4/c1-4-23-7-5-6-12-31(23)28(33)27-25(20-35-24-10-8-21(2)9-11-24)30(22(3)19-26(27)32)14-13-29-15-17-34-18-16-29/h8-11,19,23H,4-7,12-18,20H2,1-3H3. The van der Waals surface area contributed by atoms with E-state index < -0.39 is 0 Å².